The molecule has 0 spiro atoms. The molecule has 12 N–H and O–H groups in total. The maximum Gasteiger partial charge on any atom is 0.220 e. The van der Waals surface area contributed by atoms with E-state index >= 15 is 0 Å². The van der Waals surface area contributed by atoms with Crippen LogP contribution in [0.3, 0.4) is 0 Å². The molecule has 93 heavy (non-hydrogen) atoms. The quantitative estimate of drug-likeness (QED) is 0.0199. The summed E-state index contributed by atoms with van der Waals surface area (Å²) in [5.41, 5.74) is 0. The fourth-order valence-electron chi connectivity index (χ4n) is 13.4. The van der Waals surface area contributed by atoms with Gasteiger partial charge in [-0.2, -0.15) is 0 Å². The number of allylic oxidation sites excluding steroid dienone is 1. The van der Waals surface area contributed by atoms with E-state index in [1.165, 1.54) is 250 Å². The molecule has 0 aromatic carbocycles. The van der Waals surface area contributed by atoms with E-state index in [1.807, 2.05) is 6.08 Å². The minimum absolute atomic E-state index is 0.250. The predicted molar refractivity (Wildman–Crippen MR) is 365 cm³/mol. The molecule has 0 bridgehead atoms. The molecular formula is C74H141NO18. The normalized spacial score (nSPS) is 27.5. The smallest absolute Gasteiger partial charge is 0.220 e. The summed E-state index contributed by atoms with van der Waals surface area (Å²) in [6, 6.07) is -0.968. The number of nitrogens with one attached hydrogen (secondary N) is 1. The van der Waals surface area contributed by atoms with Gasteiger partial charge in [-0.25, -0.2) is 0 Å². The van der Waals surface area contributed by atoms with Crippen molar-refractivity contribution >= 4 is 5.91 Å². The summed E-state index contributed by atoms with van der Waals surface area (Å²) in [6.07, 6.45) is 38.0. The molecule has 0 aromatic rings. The van der Waals surface area contributed by atoms with Gasteiger partial charge in [-0.05, 0) is 19.3 Å². The second kappa shape index (κ2) is 56.3. The van der Waals surface area contributed by atoms with Gasteiger partial charge >= 0.3 is 0 Å². The highest BCUT2D eigenvalue weighted by atomic mass is 16.8. The van der Waals surface area contributed by atoms with Gasteiger partial charge in [0.15, 0.2) is 18.9 Å². The van der Waals surface area contributed by atoms with Crippen LogP contribution in [0.2, 0.25) is 0 Å². The van der Waals surface area contributed by atoms with Crippen molar-refractivity contribution in [2.45, 2.75) is 426 Å². The third-order valence-electron chi connectivity index (χ3n) is 19.6. The first kappa shape index (κ1) is 85.8. The number of hydrogen-bond donors (Lipinski definition) is 12. The lowest BCUT2D eigenvalue weighted by atomic mass is 9.96. The highest BCUT2D eigenvalue weighted by molar-refractivity contribution is 5.76. The SMILES string of the molecule is CCCCCCCCCCCCCC/C=C/C(O)C(COC1OC(CO)C(OC2OC(CO)C(OC3OC(CO)C(O)C(O)C3O)C(O)C2O)C(O)C1O)NC(=O)CCCCCCCCCCCCCCCCCCCCCCCCCCCCCCCCCCCC. The number of rotatable bonds is 61. The second-order valence-corrected chi connectivity index (χ2v) is 27.8. The van der Waals surface area contributed by atoms with Crippen molar-refractivity contribution in [3.8, 4) is 0 Å². The number of carbonyl (C=O) groups is 1. The predicted octanol–water partition coefficient (Wildman–Crippen LogP) is 11.6. The number of ether oxygens (including phenoxy) is 6. The Bertz CT molecular complexity index is 1730. The van der Waals surface area contributed by atoms with E-state index in [0.717, 1.165) is 44.9 Å². The van der Waals surface area contributed by atoms with Gasteiger partial charge < -0.3 is 89.9 Å². The molecule has 0 aromatic heterocycles. The Balaban J connectivity index is 1.32. The van der Waals surface area contributed by atoms with E-state index in [9.17, 15) is 61.0 Å². The number of aliphatic hydroxyl groups is 11. The maximum absolute atomic E-state index is 13.4. The molecule has 0 radical (unpaired) electrons. The van der Waals surface area contributed by atoms with E-state index in [-0.39, 0.29) is 18.9 Å². The molecule has 19 nitrogen and oxygen atoms in total. The Morgan fingerprint density at radius 1 is 0.376 bits per heavy atom. The first-order chi connectivity index (χ1) is 45.3. The largest absolute Gasteiger partial charge is 0.394 e. The zero-order chi connectivity index (χ0) is 67.5. The average Bonchev–Trinajstić information content (AvgIpc) is 0.818. The van der Waals surface area contributed by atoms with Gasteiger partial charge in [-0.15, -0.1) is 0 Å². The Kier molecular flexibility index (Phi) is 51.9. The molecule has 19 heteroatoms. The minimum atomic E-state index is -1.98. The molecular weight excluding hydrogens is 1190 g/mol. The molecule has 3 fully saturated rings. The molecule has 3 aliphatic heterocycles. The summed E-state index contributed by atoms with van der Waals surface area (Å²) >= 11 is 0. The van der Waals surface area contributed by atoms with Crippen LogP contribution in [0.25, 0.3) is 0 Å². The topological polar surface area (TPSA) is 307 Å². The summed E-state index contributed by atoms with van der Waals surface area (Å²) in [4.78, 5) is 13.4. The van der Waals surface area contributed by atoms with Crippen LogP contribution < -0.4 is 5.32 Å². The number of amides is 1. The van der Waals surface area contributed by atoms with Gasteiger partial charge in [0.25, 0.3) is 0 Å². The van der Waals surface area contributed by atoms with E-state index in [1.54, 1.807) is 6.08 Å². The van der Waals surface area contributed by atoms with E-state index in [0.29, 0.717) is 6.42 Å². The van der Waals surface area contributed by atoms with Gasteiger partial charge in [0.2, 0.25) is 5.91 Å². The van der Waals surface area contributed by atoms with Crippen molar-refractivity contribution in [2.24, 2.45) is 0 Å². The molecule has 17 atom stereocenters. The number of carbonyl (C=O) groups excluding carboxylic acids is 1. The minimum Gasteiger partial charge on any atom is -0.394 e. The van der Waals surface area contributed by atoms with Crippen LogP contribution >= 0.6 is 0 Å². The monoisotopic (exact) mass is 1330 g/mol. The summed E-state index contributed by atoms with van der Waals surface area (Å²) in [6.45, 7) is 1.77. The first-order valence-electron chi connectivity index (χ1n) is 38.4. The third-order valence-corrected chi connectivity index (χ3v) is 19.6. The standard InChI is InChI=1S/C74H141NO18/c1-3-5-7-9-11-13-15-17-19-20-21-22-23-24-25-26-27-28-29-30-31-32-33-34-35-36-37-38-40-42-44-46-48-50-52-62(80)75-57(58(79)51-49-47-45-43-41-39-18-16-14-12-10-8-6-4-2)56-88-72-68(86)65(83)70(60(54-77)90-72)93-74-69(87)66(84)71(61(55-78)91-74)92-73-67(85)64(82)63(81)59(53-76)89-73/h49,51,57-61,63-74,76-79,81-87H,3-48,50,52-56H2,1-2H3,(H,75,80)/b51-49+. The Labute approximate surface area is 563 Å². The van der Waals surface area contributed by atoms with Crippen LogP contribution in [0.15, 0.2) is 12.2 Å². The van der Waals surface area contributed by atoms with Gasteiger partial charge in [0, 0.05) is 6.42 Å². The first-order valence-corrected chi connectivity index (χ1v) is 38.4. The summed E-state index contributed by atoms with van der Waals surface area (Å²) < 4.78 is 34.4. The van der Waals surface area contributed by atoms with Crippen molar-refractivity contribution in [1.29, 1.82) is 0 Å². The van der Waals surface area contributed by atoms with E-state index < -0.39 is 124 Å². The number of hydrogen-bond acceptors (Lipinski definition) is 18. The van der Waals surface area contributed by atoms with Crippen LogP contribution in [-0.4, -0.2) is 193 Å². The van der Waals surface area contributed by atoms with Crippen LogP contribution in [-0.2, 0) is 33.2 Å². The zero-order valence-electron chi connectivity index (χ0n) is 58.5. The van der Waals surface area contributed by atoms with Crippen LogP contribution in [0.4, 0.5) is 0 Å². The lowest BCUT2D eigenvalue weighted by Gasteiger charge is -2.48. The Morgan fingerprint density at radius 2 is 0.667 bits per heavy atom. The van der Waals surface area contributed by atoms with Crippen molar-refractivity contribution in [3.05, 3.63) is 12.2 Å². The molecule has 1 amide bonds. The third kappa shape index (κ3) is 37.5. The molecule has 0 saturated carbocycles. The summed E-state index contributed by atoms with van der Waals surface area (Å²) in [7, 11) is 0. The molecule has 3 aliphatic rings. The zero-order valence-corrected chi connectivity index (χ0v) is 58.5. The van der Waals surface area contributed by atoms with Crippen LogP contribution in [0, 0.1) is 0 Å². The Hall–Kier alpha value is -1.47. The lowest BCUT2D eigenvalue weighted by molar-refractivity contribution is -0.379. The van der Waals surface area contributed by atoms with Crippen molar-refractivity contribution < 1.29 is 89.4 Å². The van der Waals surface area contributed by atoms with E-state index in [4.69, 9.17) is 28.4 Å². The van der Waals surface area contributed by atoms with Crippen molar-refractivity contribution in [2.75, 3.05) is 26.4 Å². The van der Waals surface area contributed by atoms with Crippen molar-refractivity contribution in [1.82, 2.24) is 5.32 Å². The average molecular weight is 1330 g/mol. The summed E-state index contributed by atoms with van der Waals surface area (Å²) in [5, 5.41) is 121. The molecule has 550 valence electrons. The van der Waals surface area contributed by atoms with Gasteiger partial charge in [0.05, 0.1) is 38.6 Å². The van der Waals surface area contributed by atoms with E-state index in [2.05, 4.69) is 19.2 Å². The number of unbranched alkanes of at least 4 members (excludes halogenated alkanes) is 45. The molecule has 0 aliphatic carbocycles. The highest BCUT2D eigenvalue weighted by Gasteiger charge is 2.53. The molecule has 3 saturated heterocycles. The highest BCUT2D eigenvalue weighted by Crippen LogP contribution is 2.33. The maximum atomic E-state index is 13.4. The summed E-state index contributed by atoms with van der Waals surface area (Å²) in [5.74, 6) is -0.269. The molecule has 17 unspecified atom stereocenters. The Morgan fingerprint density at radius 3 is 1.01 bits per heavy atom. The fraction of sp³-hybridized carbons (Fsp3) is 0.959. The molecule has 3 rings (SSSR count). The van der Waals surface area contributed by atoms with Gasteiger partial charge in [-0.3, -0.25) is 4.79 Å². The second-order valence-electron chi connectivity index (χ2n) is 27.8. The van der Waals surface area contributed by atoms with Gasteiger partial charge in [0.1, 0.15) is 73.2 Å². The van der Waals surface area contributed by atoms with Crippen LogP contribution in [0.5, 0.6) is 0 Å². The fourth-order valence-corrected chi connectivity index (χ4v) is 13.4. The van der Waals surface area contributed by atoms with Crippen molar-refractivity contribution in [3.63, 3.8) is 0 Å². The number of aliphatic hydroxyl groups excluding tert-OH is 11. The van der Waals surface area contributed by atoms with Crippen LogP contribution in [0.1, 0.15) is 322 Å². The van der Waals surface area contributed by atoms with Gasteiger partial charge in [-0.1, -0.05) is 309 Å². The molecule has 3 heterocycles. The lowest BCUT2D eigenvalue weighted by Crippen LogP contribution is -2.66.